The van der Waals surface area contributed by atoms with Crippen molar-refractivity contribution in [2.75, 3.05) is 13.6 Å². The Morgan fingerprint density at radius 3 is 2.42 bits per heavy atom. The average molecular weight is 267 g/mol. The summed E-state index contributed by atoms with van der Waals surface area (Å²) >= 11 is 0. The summed E-state index contributed by atoms with van der Waals surface area (Å²) in [5, 5.41) is 10.1. The molecular formula is C17H33NO. The molecule has 2 saturated carbocycles. The molecule has 2 fully saturated rings. The second kappa shape index (κ2) is 5.37. The fraction of sp³-hybridized carbons (Fsp3) is 1.00. The molecule has 3 atom stereocenters. The predicted octanol–water partition coefficient (Wildman–Crippen LogP) is 3.68. The predicted molar refractivity (Wildman–Crippen MR) is 81.2 cm³/mol. The van der Waals surface area contributed by atoms with E-state index in [1.165, 1.54) is 32.2 Å². The van der Waals surface area contributed by atoms with Crippen LogP contribution in [0.2, 0.25) is 0 Å². The van der Waals surface area contributed by atoms with Crippen molar-refractivity contribution >= 4 is 0 Å². The standard InChI is InChI=1S/C17H33NO/c1-6-16(2,3)14-8-7-13(19)11-15(14)18(5)12-17(4)9-10-17/h13-15,19H,6-12H2,1-5H3. The third kappa shape index (κ3) is 3.52. The molecule has 0 bridgehead atoms. The van der Waals surface area contributed by atoms with Gasteiger partial charge in [-0.25, -0.2) is 0 Å². The van der Waals surface area contributed by atoms with Crippen molar-refractivity contribution in [2.45, 2.75) is 78.4 Å². The van der Waals surface area contributed by atoms with E-state index in [2.05, 4.69) is 39.6 Å². The number of nitrogens with zero attached hydrogens (tertiary/aromatic N) is 1. The Labute approximate surface area is 119 Å². The summed E-state index contributed by atoms with van der Waals surface area (Å²) in [4.78, 5) is 2.57. The van der Waals surface area contributed by atoms with Gasteiger partial charge in [0.1, 0.15) is 0 Å². The number of hydrogen-bond donors (Lipinski definition) is 1. The number of rotatable bonds is 5. The van der Waals surface area contributed by atoms with Crippen molar-refractivity contribution < 1.29 is 5.11 Å². The van der Waals surface area contributed by atoms with Crippen LogP contribution in [0.25, 0.3) is 0 Å². The number of hydrogen-bond acceptors (Lipinski definition) is 2. The highest BCUT2D eigenvalue weighted by molar-refractivity contribution is 4.97. The minimum Gasteiger partial charge on any atom is -0.393 e. The Hall–Kier alpha value is -0.0800. The lowest BCUT2D eigenvalue weighted by Gasteiger charge is -2.47. The normalized spacial score (nSPS) is 34.6. The van der Waals surface area contributed by atoms with Gasteiger partial charge in [-0.05, 0) is 55.9 Å². The van der Waals surface area contributed by atoms with Gasteiger partial charge in [-0.2, -0.15) is 0 Å². The van der Waals surface area contributed by atoms with Gasteiger partial charge in [-0.15, -0.1) is 0 Å². The van der Waals surface area contributed by atoms with Crippen LogP contribution in [0.4, 0.5) is 0 Å². The summed E-state index contributed by atoms with van der Waals surface area (Å²) in [5.74, 6) is 0.730. The minimum absolute atomic E-state index is 0.0802. The molecule has 0 aromatic heterocycles. The van der Waals surface area contributed by atoms with Crippen molar-refractivity contribution in [1.29, 1.82) is 0 Å². The molecule has 0 aromatic rings. The summed E-state index contributed by atoms with van der Waals surface area (Å²) in [6.45, 7) is 10.7. The highest BCUT2D eigenvalue weighted by Crippen LogP contribution is 2.48. The van der Waals surface area contributed by atoms with E-state index in [1.807, 2.05) is 0 Å². The van der Waals surface area contributed by atoms with Crippen LogP contribution in [0, 0.1) is 16.7 Å². The van der Waals surface area contributed by atoms with Gasteiger partial charge >= 0.3 is 0 Å². The minimum atomic E-state index is -0.0802. The molecule has 0 spiro atoms. The van der Waals surface area contributed by atoms with Crippen LogP contribution in [0.15, 0.2) is 0 Å². The van der Waals surface area contributed by atoms with Crippen molar-refractivity contribution in [1.82, 2.24) is 4.90 Å². The lowest BCUT2D eigenvalue weighted by atomic mass is 9.66. The zero-order chi connectivity index (χ0) is 14.3. The van der Waals surface area contributed by atoms with Crippen LogP contribution < -0.4 is 0 Å². The van der Waals surface area contributed by atoms with Gasteiger partial charge in [0.05, 0.1) is 6.10 Å². The lowest BCUT2D eigenvalue weighted by molar-refractivity contribution is -0.0142. The monoisotopic (exact) mass is 267 g/mol. The SMILES string of the molecule is CCC(C)(C)C1CCC(O)CC1N(C)CC1(C)CC1. The largest absolute Gasteiger partial charge is 0.393 e. The van der Waals surface area contributed by atoms with Gasteiger partial charge in [-0.1, -0.05) is 34.1 Å². The topological polar surface area (TPSA) is 23.5 Å². The molecule has 0 heterocycles. The molecule has 0 radical (unpaired) electrons. The first-order valence-electron chi connectivity index (χ1n) is 8.16. The van der Waals surface area contributed by atoms with E-state index in [-0.39, 0.29) is 6.10 Å². The molecule has 112 valence electrons. The molecule has 2 rings (SSSR count). The van der Waals surface area contributed by atoms with Crippen molar-refractivity contribution in [3.05, 3.63) is 0 Å². The van der Waals surface area contributed by atoms with E-state index in [0.29, 0.717) is 16.9 Å². The Morgan fingerprint density at radius 2 is 1.89 bits per heavy atom. The first-order valence-corrected chi connectivity index (χ1v) is 8.16. The van der Waals surface area contributed by atoms with E-state index in [4.69, 9.17) is 0 Å². The summed E-state index contributed by atoms with van der Waals surface area (Å²) < 4.78 is 0. The third-order valence-corrected chi connectivity index (χ3v) is 6.00. The lowest BCUT2D eigenvalue weighted by Crippen LogP contribution is -2.50. The third-order valence-electron chi connectivity index (χ3n) is 6.00. The fourth-order valence-electron chi connectivity index (χ4n) is 3.88. The number of aliphatic hydroxyl groups excluding tert-OH is 1. The molecule has 0 aliphatic heterocycles. The molecule has 2 nitrogen and oxygen atoms in total. The van der Waals surface area contributed by atoms with Gasteiger partial charge < -0.3 is 10.0 Å². The second-order valence-electron chi connectivity index (χ2n) is 8.21. The van der Waals surface area contributed by atoms with E-state index < -0.39 is 0 Å². The molecule has 1 N–H and O–H groups in total. The Morgan fingerprint density at radius 1 is 1.26 bits per heavy atom. The highest BCUT2D eigenvalue weighted by Gasteiger charge is 2.44. The van der Waals surface area contributed by atoms with Crippen LogP contribution in [0.1, 0.15) is 66.2 Å². The summed E-state index contributed by atoms with van der Waals surface area (Å²) in [6.07, 6.45) is 7.07. The first-order chi connectivity index (χ1) is 8.77. The highest BCUT2D eigenvalue weighted by atomic mass is 16.3. The zero-order valence-electron chi connectivity index (χ0n) is 13.6. The molecule has 0 amide bonds. The van der Waals surface area contributed by atoms with Crippen LogP contribution >= 0.6 is 0 Å². The van der Waals surface area contributed by atoms with Gasteiger partial charge in [0.2, 0.25) is 0 Å². The number of aliphatic hydroxyl groups is 1. The van der Waals surface area contributed by atoms with Gasteiger partial charge in [-0.3, -0.25) is 0 Å². The van der Waals surface area contributed by atoms with E-state index in [1.54, 1.807) is 0 Å². The Balaban J connectivity index is 2.07. The van der Waals surface area contributed by atoms with E-state index in [9.17, 15) is 5.11 Å². The quantitative estimate of drug-likeness (QED) is 0.821. The Bertz CT molecular complexity index is 308. The molecule has 0 saturated heterocycles. The summed E-state index contributed by atoms with van der Waals surface area (Å²) in [6, 6.07) is 0.566. The van der Waals surface area contributed by atoms with Gasteiger partial charge in [0.15, 0.2) is 0 Å². The van der Waals surface area contributed by atoms with E-state index >= 15 is 0 Å². The first kappa shape index (κ1) is 15.3. The average Bonchev–Trinajstić information content (AvgIpc) is 3.06. The zero-order valence-corrected chi connectivity index (χ0v) is 13.6. The van der Waals surface area contributed by atoms with Gasteiger partial charge in [0, 0.05) is 12.6 Å². The van der Waals surface area contributed by atoms with Crippen LogP contribution in [0.5, 0.6) is 0 Å². The van der Waals surface area contributed by atoms with E-state index in [0.717, 1.165) is 18.8 Å². The maximum absolute atomic E-state index is 10.1. The van der Waals surface area contributed by atoms with Crippen LogP contribution in [-0.2, 0) is 0 Å². The molecule has 2 heteroatoms. The molecule has 3 unspecified atom stereocenters. The summed E-state index contributed by atoms with van der Waals surface area (Å²) in [7, 11) is 2.28. The van der Waals surface area contributed by atoms with Gasteiger partial charge in [0.25, 0.3) is 0 Å². The van der Waals surface area contributed by atoms with Crippen molar-refractivity contribution in [3.8, 4) is 0 Å². The maximum Gasteiger partial charge on any atom is 0.0555 e. The van der Waals surface area contributed by atoms with Crippen LogP contribution in [0.3, 0.4) is 0 Å². The fourth-order valence-corrected chi connectivity index (χ4v) is 3.88. The maximum atomic E-state index is 10.1. The van der Waals surface area contributed by atoms with Crippen molar-refractivity contribution in [2.24, 2.45) is 16.7 Å². The molecule has 19 heavy (non-hydrogen) atoms. The molecular weight excluding hydrogens is 234 g/mol. The van der Waals surface area contributed by atoms with Crippen molar-refractivity contribution in [3.63, 3.8) is 0 Å². The molecule has 0 aromatic carbocycles. The second-order valence-corrected chi connectivity index (χ2v) is 8.21. The van der Waals surface area contributed by atoms with Crippen LogP contribution in [-0.4, -0.2) is 35.7 Å². The smallest absolute Gasteiger partial charge is 0.0555 e. The summed E-state index contributed by atoms with van der Waals surface area (Å²) in [5.41, 5.74) is 0.960. The molecule has 2 aliphatic rings. The molecule has 2 aliphatic carbocycles. The Kier molecular flexibility index (Phi) is 4.32.